The standard InChI is InChI=1S/C26H27N3O4/c1-32-24-12-9-21(26(31)29-13-15-33-16-14-29)17-23(24)27-18-25(30)28-22-10-7-20(8-11-22)19-5-3-2-4-6-19/h2-12,17,27H,13-16,18H2,1H3,(H,28,30). The van der Waals surface area contributed by atoms with Crippen LogP contribution in [0.25, 0.3) is 11.1 Å². The summed E-state index contributed by atoms with van der Waals surface area (Å²) < 4.78 is 10.7. The molecule has 0 bridgehead atoms. The first-order valence-electron chi connectivity index (χ1n) is 10.9. The Kier molecular flexibility index (Phi) is 7.22. The van der Waals surface area contributed by atoms with E-state index in [0.717, 1.165) is 11.1 Å². The molecule has 1 saturated heterocycles. The Bertz CT molecular complexity index is 1090. The molecule has 0 radical (unpaired) electrons. The van der Waals surface area contributed by atoms with Gasteiger partial charge in [0.15, 0.2) is 0 Å². The summed E-state index contributed by atoms with van der Waals surface area (Å²) in [6.07, 6.45) is 0. The molecule has 1 aliphatic heterocycles. The van der Waals surface area contributed by atoms with Crippen molar-refractivity contribution < 1.29 is 19.1 Å². The van der Waals surface area contributed by atoms with E-state index < -0.39 is 0 Å². The Morgan fingerprint density at radius 3 is 2.33 bits per heavy atom. The summed E-state index contributed by atoms with van der Waals surface area (Å²) in [5.41, 5.74) is 4.04. The molecule has 7 heteroatoms. The third-order valence-corrected chi connectivity index (χ3v) is 5.46. The van der Waals surface area contributed by atoms with Crippen LogP contribution in [0.15, 0.2) is 72.8 Å². The normalized spacial score (nSPS) is 13.3. The van der Waals surface area contributed by atoms with E-state index in [2.05, 4.69) is 10.6 Å². The van der Waals surface area contributed by atoms with Gasteiger partial charge in [-0.2, -0.15) is 0 Å². The summed E-state index contributed by atoms with van der Waals surface area (Å²) in [6, 6.07) is 22.9. The van der Waals surface area contributed by atoms with Crippen LogP contribution >= 0.6 is 0 Å². The van der Waals surface area contributed by atoms with Crippen molar-refractivity contribution in [3.05, 3.63) is 78.4 Å². The number of hydrogen-bond acceptors (Lipinski definition) is 5. The van der Waals surface area contributed by atoms with E-state index in [1.165, 1.54) is 0 Å². The van der Waals surface area contributed by atoms with E-state index in [-0.39, 0.29) is 18.4 Å². The van der Waals surface area contributed by atoms with Gasteiger partial charge in [-0.25, -0.2) is 0 Å². The highest BCUT2D eigenvalue weighted by atomic mass is 16.5. The highest BCUT2D eigenvalue weighted by Crippen LogP contribution is 2.26. The molecule has 2 N–H and O–H groups in total. The van der Waals surface area contributed by atoms with Gasteiger partial charge < -0.3 is 25.0 Å². The second-order valence-corrected chi connectivity index (χ2v) is 7.66. The maximum absolute atomic E-state index is 12.8. The van der Waals surface area contributed by atoms with Crippen molar-refractivity contribution >= 4 is 23.2 Å². The first kappa shape index (κ1) is 22.4. The molecule has 0 spiro atoms. The number of benzene rings is 3. The highest BCUT2D eigenvalue weighted by Gasteiger charge is 2.20. The number of anilines is 2. The zero-order valence-corrected chi connectivity index (χ0v) is 18.5. The number of methoxy groups -OCH3 is 1. The predicted octanol–water partition coefficient (Wildman–Crippen LogP) is 3.89. The molecule has 3 aromatic rings. The van der Waals surface area contributed by atoms with Gasteiger partial charge in [0, 0.05) is 24.3 Å². The molecular weight excluding hydrogens is 418 g/mol. The number of nitrogens with zero attached hydrogens (tertiary/aromatic N) is 1. The fourth-order valence-corrected chi connectivity index (χ4v) is 3.69. The van der Waals surface area contributed by atoms with E-state index in [1.54, 1.807) is 30.2 Å². The van der Waals surface area contributed by atoms with Gasteiger partial charge in [-0.3, -0.25) is 9.59 Å². The zero-order valence-electron chi connectivity index (χ0n) is 18.5. The van der Waals surface area contributed by atoms with Crippen LogP contribution in [0.1, 0.15) is 10.4 Å². The van der Waals surface area contributed by atoms with Gasteiger partial charge in [-0.15, -0.1) is 0 Å². The monoisotopic (exact) mass is 445 g/mol. The van der Waals surface area contributed by atoms with E-state index in [4.69, 9.17) is 9.47 Å². The summed E-state index contributed by atoms with van der Waals surface area (Å²) in [4.78, 5) is 27.1. The number of carbonyl (C=O) groups is 2. The quantitative estimate of drug-likeness (QED) is 0.577. The molecule has 4 rings (SSSR count). The predicted molar refractivity (Wildman–Crippen MR) is 129 cm³/mol. The van der Waals surface area contributed by atoms with Crippen molar-refractivity contribution in [1.29, 1.82) is 0 Å². The number of carbonyl (C=O) groups excluding carboxylic acids is 2. The SMILES string of the molecule is COc1ccc(C(=O)N2CCOCC2)cc1NCC(=O)Nc1ccc(-c2ccccc2)cc1. The number of rotatable bonds is 7. The second-order valence-electron chi connectivity index (χ2n) is 7.66. The largest absolute Gasteiger partial charge is 0.495 e. The van der Waals surface area contributed by atoms with Crippen LogP contribution in [0.2, 0.25) is 0 Å². The Morgan fingerprint density at radius 1 is 0.939 bits per heavy atom. The fourth-order valence-electron chi connectivity index (χ4n) is 3.69. The van der Waals surface area contributed by atoms with Crippen molar-refractivity contribution in [2.75, 3.05) is 50.6 Å². The lowest BCUT2D eigenvalue weighted by atomic mass is 10.1. The fraction of sp³-hybridized carbons (Fsp3) is 0.231. The average Bonchev–Trinajstić information content (AvgIpc) is 2.88. The molecule has 0 atom stereocenters. The third kappa shape index (κ3) is 5.70. The lowest BCUT2D eigenvalue weighted by molar-refractivity contribution is -0.114. The number of nitrogens with one attached hydrogen (secondary N) is 2. The molecule has 0 aliphatic carbocycles. The smallest absolute Gasteiger partial charge is 0.254 e. The molecule has 0 saturated carbocycles. The molecule has 1 heterocycles. The third-order valence-electron chi connectivity index (χ3n) is 5.46. The Morgan fingerprint density at radius 2 is 1.64 bits per heavy atom. The van der Waals surface area contributed by atoms with Gasteiger partial charge in [-0.1, -0.05) is 42.5 Å². The van der Waals surface area contributed by atoms with Gasteiger partial charge in [0.1, 0.15) is 5.75 Å². The van der Waals surface area contributed by atoms with Gasteiger partial charge in [0.25, 0.3) is 5.91 Å². The average molecular weight is 446 g/mol. The van der Waals surface area contributed by atoms with Crippen molar-refractivity contribution in [1.82, 2.24) is 4.90 Å². The number of amides is 2. The topological polar surface area (TPSA) is 79.9 Å². The summed E-state index contributed by atoms with van der Waals surface area (Å²) in [5.74, 6) is 0.301. The lowest BCUT2D eigenvalue weighted by Gasteiger charge is -2.27. The van der Waals surface area contributed by atoms with E-state index in [0.29, 0.717) is 49.0 Å². The number of morpholine rings is 1. The molecule has 33 heavy (non-hydrogen) atoms. The zero-order chi connectivity index (χ0) is 23.0. The highest BCUT2D eigenvalue weighted by molar-refractivity contribution is 5.97. The minimum Gasteiger partial charge on any atom is -0.495 e. The van der Waals surface area contributed by atoms with Crippen LogP contribution in [0.5, 0.6) is 5.75 Å². The molecule has 0 aromatic heterocycles. The Balaban J connectivity index is 1.37. The minimum atomic E-state index is -0.200. The van der Waals surface area contributed by atoms with Gasteiger partial charge >= 0.3 is 0 Å². The molecular formula is C26H27N3O4. The summed E-state index contributed by atoms with van der Waals surface area (Å²) >= 11 is 0. The second kappa shape index (κ2) is 10.7. The Hall–Kier alpha value is -3.84. The van der Waals surface area contributed by atoms with Crippen LogP contribution in [-0.2, 0) is 9.53 Å². The van der Waals surface area contributed by atoms with E-state index >= 15 is 0 Å². The molecule has 1 fully saturated rings. The minimum absolute atomic E-state index is 0.0337. The number of ether oxygens (including phenoxy) is 2. The Labute approximate surface area is 193 Å². The first-order valence-corrected chi connectivity index (χ1v) is 10.9. The van der Waals surface area contributed by atoms with Gasteiger partial charge in [0.05, 0.1) is 32.6 Å². The molecule has 1 aliphatic rings. The van der Waals surface area contributed by atoms with Crippen molar-refractivity contribution in [2.24, 2.45) is 0 Å². The van der Waals surface area contributed by atoms with Gasteiger partial charge in [-0.05, 0) is 41.5 Å². The summed E-state index contributed by atoms with van der Waals surface area (Å²) in [6.45, 7) is 2.25. The molecule has 0 unspecified atom stereocenters. The molecule has 2 amide bonds. The van der Waals surface area contributed by atoms with Crippen LogP contribution in [-0.4, -0.2) is 56.7 Å². The van der Waals surface area contributed by atoms with Crippen LogP contribution in [0.4, 0.5) is 11.4 Å². The summed E-state index contributed by atoms with van der Waals surface area (Å²) in [5, 5.41) is 5.97. The van der Waals surface area contributed by atoms with Gasteiger partial charge in [0.2, 0.25) is 5.91 Å². The maximum Gasteiger partial charge on any atom is 0.254 e. The lowest BCUT2D eigenvalue weighted by Crippen LogP contribution is -2.40. The molecule has 170 valence electrons. The van der Waals surface area contributed by atoms with Crippen LogP contribution in [0, 0.1) is 0 Å². The van der Waals surface area contributed by atoms with Crippen molar-refractivity contribution in [3.63, 3.8) is 0 Å². The molecule has 3 aromatic carbocycles. The van der Waals surface area contributed by atoms with E-state index in [1.807, 2.05) is 54.6 Å². The van der Waals surface area contributed by atoms with Crippen LogP contribution in [0.3, 0.4) is 0 Å². The molecule has 7 nitrogen and oxygen atoms in total. The van der Waals surface area contributed by atoms with Crippen molar-refractivity contribution in [3.8, 4) is 16.9 Å². The van der Waals surface area contributed by atoms with Crippen LogP contribution < -0.4 is 15.4 Å². The maximum atomic E-state index is 12.8. The van der Waals surface area contributed by atoms with E-state index in [9.17, 15) is 9.59 Å². The number of hydrogen-bond donors (Lipinski definition) is 2. The summed E-state index contributed by atoms with van der Waals surface area (Å²) in [7, 11) is 1.55. The van der Waals surface area contributed by atoms with Crippen molar-refractivity contribution in [2.45, 2.75) is 0 Å². The first-order chi connectivity index (χ1) is 16.1.